The number of aromatic nitrogens is 4. The maximum Gasteiger partial charge on any atom is 0.229 e. The zero-order valence-electron chi connectivity index (χ0n) is 11.2. The van der Waals surface area contributed by atoms with Crippen LogP contribution in [0.2, 0.25) is 0 Å². The number of rotatable bonds is 2. The Morgan fingerprint density at radius 2 is 2.00 bits per heavy atom. The van der Waals surface area contributed by atoms with Crippen molar-refractivity contribution in [3.8, 4) is 0 Å². The molecule has 0 unspecified atom stereocenters. The van der Waals surface area contributed by atoms with Crippen molar-refractivity contribution in [2.45, 2.75) is 32.6 Å². The van der Waals surface area contributed by atoms with E-state index < -0.39 is 0 Å². The van der Waals surface area contributed by atoms with Crippen LogP contribution in [-0.4, -0.2) is 33.2 Å². The molecule has 0 N–H and O–H groups in total. The molecule has 1 aliphatic heterocycles. The summed E-state index contributed by atoms with van der Waals surface area (Å²) in [6.45, 7) is 5.76. The SMILES string of the molecule is Cc1cc(N2CCC(c3nc(C)no3)CC2)ncn1. The summed E-state index contributed by atoms with van der Waals surface area (Å²) in [7, 11) is 0. The molecule has 19 heavy (non-hydrogen) atoms. The third-order valence-corrected chi connectivity index (χ3v) is 3.50. The normalized spacial score (nSPS) is 16.8. The topological polar surface area (TPSA) is 67.9 Å². The minimum Gasteiger partial charge on any atom is -0.356 e. The molecule has 2 aromatic rings. The van der Waals surface area contributed by atoms with E-state index >= 15 is 0 Å². The van der Waals surface area contributed by atoms with Gasteiger partial charge in [-0.15, -0.1) is 0 Å². The predicted octanol–water partition coefficient (Wildman–Crippen LogP) is 1.86. The monoisotopic (exact) mass is 259 g/mol. The Morgan fingerprint density at radius 3 is 2.63 bits per heavy atom. The minimum absolute atomic E-state index is 0.375. The Hall–Kier alpha value is -1.98. The van der Waals surface area contributed by atoms with E-state index in [1.165, 1.54) is 0 Å². The quantitative estimate of drug-likeness (QED) is 0.820. The van der Waals surface area contributed by atoms with E-state index in [2.05, 4.69) is 25.0 Å². The van der Waals surface area contributed by atoms with Gasteiger partial charge in [0, 0.05) is 30.8 Å². The lowest BCUT2D eigenvalue weighted by Gasteiger charge is -2.31. The molecule has 0 radical (unpaired) electrons. The van der Waals surface area contributed by atoms with E-state index in [-0.39, 0.29) is 0 Å². The summed E-state index contributed by atoms with van der Waals surface area (Å²) in [5.41, 5.74) is 1.000. The smallest absolute Gasteiger partial charge is 0.229 e. The van der Waals surface area contributed by atoms with Crippen LogP contribution in [0.5, 0.6) is 0 Å². The Balaban J connectivity index is 1.66. The van der Waals surface area contributed by atoms with Crippen LogP contribution >= 0.6 is 0 Å². The third-order valence-electron chi connectivity index (χ3n) is 3.50. The van der Waals surface area contributed by atoms with E-state index in [9.17, 15) is 0 Å². The average Bonchev–Trinajstić information content (AvgIpc) is 2.86. The minimum atomic E-state index is 0.375. The molecule has 1 aliphatic rings. The van der Waals surface area contributed by atoms with Gasteiger partial charge in [0.2, 0.25) is 5.89 Å². The lowest BCUT2D eigenvalue weighted by molar-refractivity contribution is 0.327. The number of aryl methyl sites for hydroxylation is 2. The van der Waals surface area contributed by atoms with E-state index in [1.54, 1.807) is 6.33 Å². The van der Waals surface area contributed by atoms with E-state index in [0.29, 0.717) is 11.7 Å². The first kappa shape index (κ1) is 12.1. The summed E-state index contributed by atoms with van der Waals surface area (Å²) in [6.07, 6.45) is 3.66. The molecule has 3 heterocycles. The molecule has 0 amide bonds. The highest BCUT2D eigenvalue weighted by atomic mass is 16.5. The van der Waals surface area contributed by atoms with Crippen molar-refractivity contribution < 1.29 is 4.52 Å². The maximum absolute atomic E-state index is 5.26. The molecular weight excluding hydrogens is 242 g/mol. The van der Waals surface area contributed by atoms with E-state index in [1.807, 2.05) is 19.9 Å². The van der Waals surface area contributed by atoms with Crippen LogP contribution in [0, 0.1) is 13.8 Å². The van der Waals surface area contributed by atoms with Crippen molar-refractivity contribution in [1.82, 2.24) is 20.1 Å². The molecule has 2 aromatic heterocycles. The van der Waals surface area contributed by atoms with Gasteiger partial charge in [0.1, 0.15) is 12.1 Å². The Labute approximate surface area is 111 Å². The molecule has 1 saturated heterocycles. The molecule has 3 rings (SSSR count). The van der Waals surface area contributed by atoms with Gasteiger partial charge in [0.05, 0.1) is 0 Å². The molecule has 0 atom stereocenters. The Kier molecular flexibility index (Phi) is 3.15. The zero-order valence-corrected chi connectivity index (χ0v) is 11.2. The van der Waals surface area contributed by atoms with Crippen LogP contribution in [-0.2, 0) is 0 Å². The molecule has 100 valence electrons. The molecular formula is C13H17N5O. The van der Waals surface area contributed by atoms with Gasteiger partial charge in [0.25, 0.3) is 0 Å². The first-order chi connectivity index (χ1) is 9.22. The molecule has 6 heteroatoms. The van der Waals surface area contributed by atoms with Crippen LogP contribution in [0.3, 0.4) is 0 Å². The summed E-state index contributed by atoms with van der Waals surface area (Å²) in [5.74, 6) is 2.87. The molecule has 0 spiro atoms. The van der Waals surface area contributed by atoms with Gasteiger partial charge in [-0.1, -0.05) is 5.16 Å². The zero-order chi connectivity index (χ0) is 13.2. The van der Waals surface area contributed by atoms with Crippen LogP contribution in [0.1, 0.15) is 36.2 Å². The third kappa shape index (κ3) is 2.57. The highest BCUT2D eigenvalue weighted by Gasteiger charge is 2.25. The largest absolute Gasteiger partial charge is 0.356 e. The fourth-order valence-corrected chi connectivity index (χ4v) is 2.45. The summed E-state index contributed by atoms with van der Waals surface area (Å²) < 4.78 is 5.26. The Bertz CT molecular complexity index is 560. The van der Waals surface area contributed by atoms with E-state index in [4.69, 9.17) is 4.52 Å². The van der Waals surface area contributed by atoms with Crippen molar-refractivity contribution >= 4 is 5.82 Å². The molecule has 0 aromatic carbocycles. The van der Waals surface area contributed by atoms with Gasteiger partial charge in [-0.2, -0.15) is 4.98 Å². The molecule has 0 saturated carbocycles. The van der Waals surface area contributed by atoms with Crippen molar-refractivity contribution in [2.75, 3.05) is 18.0 Å². The molecule has 1 fully saturated rings. The van der Waals surface area contributed by atoms with Crippen LogP contribution in [0.25, 0.3) is 0 Å². The lowest BCUT2D eigenvalue weighted by atomic mass is 9.97. The summed E-state index contributed by atoms with van der Waals surface area (Å²) in [6, 6.07) is 2.02. The maximum atomic E-state index is 5.26. The first-order valence-electron chi connectivity index (χ1n) is 6.56. The van der Waals surface area contributed by atoms with Crippen molar-refractivity contribution in [2.24, 2.45) is 0 Å². The molecule has 0 aliphatic carbocycles. The fourth-order valence-electron chi connectivity index (χ4n) is 2.45. The van der Waals surface area contributed by atoms with Crippen molar-refractivity contribution in [3.05, 3.63) is 29.8 Å². The summed E-state index contributed by atoms with van der Waals surface area (Å²) >= 11 is 0. The van der Waals surface area contributed by atoms with Crippen LogP contribution in [0.4, 0.5) is 5.82 Å². The standard InChI is InChI=1S/C13H17N5O/c1-9-7-12(15-8-14-9)18-5-3-11(4-6-18)13-16-10(2)17-19-13/h7-8,11H,3-6H2,1-2H3. The highest BCUT2D eigenvalue weighted by Crippen LogP contribution is 2.28. The fraction of sp³-hybridized carbons (Fsp3) is 0.538. The van der Waals surface area contributed by atoms with Crippen LogP contribution < -0.4 is 4.90 Å². The second-order valence-corrected chi connectivity index (χ2v) is 4.96. The number of hydrogen-bond donors (Lipinski definition) is 0. The van der Waals surface area contributed by atoms with Gasteiger partial charge in [0.15, 0.2) is 5.82 Å². The van der Waals surface area contributed by atoms with E-state index in [0.717, 1.165) is 43.3 Å². The number of piperidine rings is 1. The van der Waals surface area contributed by atoms with Crippen molar-refractivity contribution in [1.29, 1.82) is 0 Å². The predicted molar refractivity (Wildman–Crippen MR) is 70.0 cm³/mol. The van der Waals surface area contributed by atoms with Crippen molar-refractivity contribution in [3.63, 3.8) is 0 Å². The number of anilines is 1. The van der Waals surface area contributed by atoms with Gasteiger partial charge in [-0.25, -0.2) is 9.97 Å². The summed E-state index contributed by atoms with van der Waals surface area (Å²) in [4.78, 5) is 15.1. The number of hydrogen-bond acceptors (Lipinski definition) is 6. The van der Waals surface area contributed by atoms with Gasteiger partial charge in [-0.3, -0.25) is 0 Å². The summed E-state index contributed by atoms with van der Waals surface area (Å²) in [5, 5.41) is 3.86. The highest BCUT2D eigenvalue weighted by molar-refractivity contribution is 5.39. The number of nitrogens with zero attached hydrogens (tertiary/aromatic N) is 5. The Morgan fingerprint density at radius 1 is 1.21 bits per heavy atom. The molecule has 0 bridgehead atoms. The molecule has 6 nitrogen and oxygen atoms in total. The second-order valence-electron chi connectivity index (χ2n) is 4.96. The van der Waals surface area contributed by atoms with Gasteiger partial charge < -0.3 is 9.42 Å². The van der Waals surface area contributed by atoms with Gasteiger partial charge >= 0.3 is 0 Å². The first-order valence-corrected chi connectivity index (χ1v) is 6.56. The van der Waals surface area contributed by atoms with Gasteiger partial charge in [-0.05, 0) is 26.7 Å². The van der Waals surface area contributed by atoms with Crippen LogP contribution in [0.15, 0.2) is 16.9 Å². The second kappa shape index (κ2) is 4.95. The average molecular weight is 259 g/mol. The lowest BCUT2D eigenvalue weighted by Crippen LogP contribution is -2.33.